The lowest BCUT2D eigenvalue weighted by atomic mass is 10.1. The summed E-state index contributed by atoms with van der Waals surface area (Å²) < 4.78 is 26.1. The molecule has 7 heteroatoms. The Kier molecular flexibility index (Phi) is 3.55. The third-order valence-electron chi connectivity index (χ3n) is 2.72. The standard InChI is InChI=1S/C12H10F2N2O3/c13-6-1-2-7(8(14)5-6)11(18)15-9-3-4-10(17)16-12(9)19/h1-2,5,9H,3-4H2,(H,15,18)(H,16,17,19)/t9-/m0/s1. The first-order valence-corrected chi connectivity index (χ1v) is 5.57. The van der Waals surface area contributed by atoms with Gasteiger partial charge in [-0.2, -0.15) is 0 Å². The molecule has 1 fully saturated rings. The highest BCUT2D eigenvalue weighted by atomic mass is 19.1. The number of hydrogen-bond acceptors (Lipinski definition) is 3. The lowest BCUT2D eigenvalue weighted by molar-refractivity contribution is -0.134. The zero-order valence-corrected chi connectivity index (χ0v) is 9.70. The molecule has 0 aliphatic carbocycles. The number of carbonyl (C=O) groups excluding carboxylic acids is 3. The molecular formula is C12H10F2N2O3. The van der Waals surface area contributed by atoms with Crippen LogP contribution in [0.3, 0.4) is 0 Å². The Bertz CT molecular complexity index is 560. The molecule has 1 atom stereocenters. The molecule has 1 aliphatic rings. The maximum atomic E-state index is 13.4. The van der Waals surface area contributed by atoms with E-state index in [0.29, 0.717) is 6.07 Å². The van der Waals surface area contributed by atoms with Crippen molar-refractivity contribution in [1.82, 2.24) is 10.6 Å². The summed E-state index contributed by atoms with van der Waals surface area (Å²) in [5.41, 5.74) is -0.355. The van der Waals surface area contributed by atoms with E-state index in [1.54, 1.807) is 0 Å². The predicted octanol–water partition coefficient (Wildman–Crippen LogP) is 0.500. The summed E-state index contributed by atoms with van der Waals surface area (Å²) in [7, 11) is 0. The molecule has 2 rings (SSSR count). The van der Waals surface area contributed by atoms with E-state index in [0.717, 1.165) is 12.1 Å². The van der Waals surface area contributed by atoms with Crippen LogP contribution in [0.25, 0.3) is 0 Å². The zero-order chi connectivity index (χ0) is 14.0. The first-order chi connectivity index (χ1) is 8.97. The van der Waals surface area contributed by atoms with E-state index < -0.39 is 35.4 Å². The van der Waals surface area contributed by atoms with Gasteiger partial charge in [0.1, 0.15) is 17.7 Å². The molecule has 0 spiro atoms. The molecule has 1 aromatic carbocycles. The highest BCUT2D eigenvalue weighted by Crippen LogP contribution is 2.11. The minimum Gasteiger partial charge on any atom is -0.340 e. The van der Waals surface area contributed by atoms with Gasteiger partial charge in [-0.3, -0.25) is 19.7 Å². The highest BCUT2D eigenvalue weighted by molar-refractivity contribution is 6.03. The van der Waals surface area contributed by atoms with Crippen molar-refractivity contribution in [3.8, 4) is 0 Å². The molecule has 0 radical (unpaired) electrons. The summed E-state index contributed by atoms with van der Waals surface area (Å²) in [6, 6.07) is 1.63. The molecule has 100 valence electrons. The van der Waals surface area contributed by atoms with Gasteiger partial charge in [0.2, 0.25) is 11.8 Å². The first-order valence-electron chi connectivity index (χ1n) is 5.57. The van der Waals surface area contributed by atoms with Gasteiger partial charge >= 0.3 is 0 Å². The minimum absolute atomic E-state index is 0.0998. The van der Waals surface area contributed by atoms with Gasteiger partial charge in [0.25, 0.3) is 5.91 Å². The fourth-order valence-electron chi connectivity index (χ4n) is 1.74. The molecule has 1 aromatic rings. The molecule has 3 amide bonds. The minimum atomic E-state index is -1.01. The van der Waals surface area contributed by atoms with Gasteiger partial charge in [0.15, 0.2) is 0 Å². The van der Waals surface area contributed by atoms with Crippen molar-refractivity contribution >= 4 is 17.7 Å². The van der Waals surface area contributed by atoms with Crippen LogP contribution in [-0.4, -0.2) is 23.8 Å². The quantitative estimate of drug-likeness (QED) is 0.767. The number of amides is 3. The van der Waals surface area contributed by atoms with Gasteiger partial charge in [-0.1, -0.05) is 0 Å². The van der Waals surface area contributed by atoms with Gasteiger partial charge in [-0.25, -0.2) is 8.78 Å². The Labute approximate surface area is 107 Å². The van der Waals surface area contributed by atoms with Crippen molar-refractivity contribution in [1.29, 1.82) is 0 Å². The molecule has 0 unspecified atom stereocenters. The summed E-state index contributed by atoms with van der Waals surface area (Å²) in [6.45, 7) is 0. The highest BCUT2D eigenvalue weighted by Gasteiger charge is 2.28. The number of rotatable bonds is 2. The van der Waals surface area contributed by atoms with E-state index in [-0.39, 0.29) is 18.4 Å². The van der Waals surface area contributed by atoms with Crippen LogP contribution in [-0.2, 0) is 9.59 Å². The van der Waals surface area contributed by atoms with E-state index >= 15 is 0 Å². The summed E-state index contributed by atoms with van der Waals surface area (Å²) in [5, 5.41) is 4.36. The fraction of sp³-hybridized carbons (Fsp3) is 0.250. The van der Waals surface area contributed by atoms with Crippen LogP contribution in [0.5, 0.6) is 0 Å². The van der Waals surface area contributed by atoms with Crippen LogP contribution in [0.1, 0.15) is 23.2 Å². The molecule has 2 N–H and O–H groups in total. The number of imide groups is 1. The molecule has 0 aromatic heterocycles. The molecular weight excluding hydrogens is 258 g/mol. The summed E-state index contributed by atoms with van der Waals surface area (Å²) in [6.07, 6.45) is 0.252. The Morgan fingerprint density at radius 2 is 2.05 bits per heavy atom. The van der Waals surface area contributed by atoms with Crippen molar-refractivity contribution in [3.05, 3.63) is 35.4 Å². The van der Waals surface area contributed by atoms with Crippen LogP contribution >= 0.6 is 0 Å². The summed E-state index contributed by atoms with van der Waals surface area (Å²) >= 11 is 0. The summed E-state index contributed by atoms with van der Waals surface area (Å²) in [5.74, 6) is -3.68. The van der Waals surface area contributed by atoms with Crippen molar-refractivity contribution in [2.75, 3.05) is 0 Å². The second-order valence-electron chi connectivity index (χ2n) is 4.10. The van der Waals surface area contributed by atoms with E-state index in [1.807, 2.05) is 0 Å². The summed E-state index contributed by atoms with van der Waals surface area (Å²) in [4.78, 5) is 34.1. The Hall–Kier alpha value is -2.31. The van der Waals surface area contributed by atoms with Crippen LogP contribution in [0.4, 0.5) is 8.78 Å². The van der Waals surface area contributed by atoms with Crippen LogP contribution in [0, 0.1) is 11.6 Å². The van der Waals surface area contributed by atoms with E-state index in [1.165, 1.54) is 0 Å². The topological polar surface area (TPSA) is 75.3 Å². The second-order valence-corrected chi connectivity index (χ2v) is 4.10. The lowest BCUT2D eigenvalue weighted by Gasteiger charge is -2.21. The van der Waals surface area contributed by atoms with Crippen molar-refractivity contribution < 1.29 is 23.2 Å². The van der Waals surface area contributed by atoms with E-state index in [9.17, 15) is 23.2 Å². The molecule has 1 saturated heterocycles. The maximum absolute atomic E-state index is 13.4. The normalized spacial score (nSPS) is 18.9. The number of nitrogens with one attached hydrogen (secondary N) is 2. The second kappa shape index (κ2) is 5.13. The van der Waals surface area contributed by atoms with Gasteiger partial charge in [0.05, 0.1) is 5.56 Å². The molecule has 5 nitrogen and oxygen atoms in total. The van der Waals surface area contributed by atoms with Crippen LogP contribution in [0.2, 0.25) is 0 Å². The number of halogens is 2. The van der Waals surface area contributed by atoms with E-state index in [2.05, 4.69) is 10.6 Å². The number of piperidine rings is 1. The average molecular weight is 268 g/mol. The van der Waals surface area contributed by atoms with Crippen molar-refractivity contribution in [2.45, 2.75) is 18.9 Å². The van der Waals surface area contributed by atoms with Gasteiger partial charge in [-0.05, 0) is 18.6 Å². The largest absolute Gasteiger partial charge is 0.340 e. The molecule has 0 saturated carbocycles. The first kappa shape index (κ1) is 13.1. The SMILES string of the molecule is O=C1CC[C@H](NC(=O)c2ccc(F)cc2F)C(=O)N1. The zero-order valence-electron chi connectivity index (χ0n) is 9.70. The Morgan fingerprint density at radius 3 is 2.68 bits per heavy atom. The smallest absolute Gasteiger partial charge is 0.254 e. The van der Waals surface area contributed by atoms with Gasteiger partial charge in [-0.15, -0.1) is 0 Å². The molecule has 19 heavy (non-hydrogen) atoms. The monoisotopic (exact) mass is 268 g/mol. The van der Waals surface area contributed by atoms with Crippen LogP contribution in [0.15, 0.2) is 18.2 Å². The molecule has 1 aliphatic heterocycles. The number of benzene rings is 1. The van der Waals surface area contributed by atoms with Crippen molar-refractivity contribution in [3.63, 3.8) is 0 Å². The average Bonchev–Trinajstić information content (AvgIpc) is 2.32. The number of carbonyl (C=O) groups is 3. The van der Waals surface area contributed by atoms with Crippen molar-refractivity contribution in [2.24, 2.45) is 0 Å². The maximum Gasteiger partial charge on any atom is 0.254 e. The third-order valence-corrected chi connectivity index (χ3v) is 2.72. The molecule has 1 heterocycles. The Balaban J connectivity index is 2.09. The third kappa shape index (κ3) is 2.93. The lowest BCUT2D eigenvalue weighted by Crippen LogP contribution is -2.52. The number of hydrogen-bond donors (Lipinski definition) is 2. The van der Waals surface area contributed by atoms with Gasteiger partial charge < -0.3 is 5.32 Å². The predicted molar refractivity (Wildman–Crippen MR) is 60.0 cm³/mol. The fourth-order valence-corrected chi connectivity index (χ4v) is 1.74. The van der Waals surface area contributed by atoms with Crippen LogP contribution < -0.4 is 10.6 Å². The Morgan fingerprint density at radius 1 is 1.32 bits per heavy atom. The van der Waals surface area contributed by atoms with E-state index in [4.69, 9.17) is 0 Å². The molecule has 0 bridgehead atoms. The van der Waals surface area contributed by atoms with Gasteiger partial charge in [0, 0.05) is 12.5 Å².